The molecule has 1 heterocycles. The molecule has 0 fully saturated rings. The number of nitrogens with one attached hydrogen (secondary N) is 2. The van der Waals surface area contributed by atoms with E-state index >= 15 is 0 Å². The van der Waals surface area contributed by atoms with E-state index in [0.717, 1.165) is 17.9 Å². The van der Waals surface area contributed by atoms with Crippen molar-refractivity contribution in [3.8, 4) is 0 Å². The fourth-order valence-corrected chi connectivity index (χ4v) is 3.29. The van der Waals surface area contributed by atoms with Gasteiger partial charge in [0.15, 0.2) is 9.84 Å². The third kappa shape index (κ3) is 6.78. The minimum atomic E-state index is -3.38. The van der Waals surface area contributed by atoms with Gasteiger partial charge in [-0.3, -0.25) is 4.79 Å². The zero-order valence-corrected chi connectivity index (χ0v) is 18.2. The highest BCUT2D eigenvalue weighted by Gasteiger charge is 2.22. The van der Waals surface area contributed by atoms with Crippen molar-refractivity contribution < 1.29 is 26.4 Å². The summed E-state index contributed by atoms with van der Waals surface area (Å²) < 4.78 is 63.2. The third-order valence-electron chi connectivity index (χ3n) is 4.35. The fraction of sp³-hybridized carbons (Fsp3) is 0.350. The molecule has 2 N–H and O–H groups in total. The van der Waals surface area contributed by atoms with Crippen molar-refractivity contribution in [2.24, 2.45) is 0 Å². The molecule has 31 heavy (non-hydrogen) atoms. The van der Waals surface area contributed by atoms with Gasteiger partial charge in [-0.15, -0.1) is 0 Å². The van der Waals surface area contributed by atoms with E-state index in [-0.39, 0.29) is 5.69 Å². The van der Waals surface area contributed by atoms with Crippen LogP contribution in [-0.2, 0) is 9.84 Å². The van der Waals surface area contributed by atoms with E-state index in [2.05, 4.69) is 20.6 Å². The Morgan fingerprint density at radius 3 is 2.52 bits per heavy atom. The van der Waals surface area contributed by atoms with Crippen LogP contribution in [0.1, 0.15) is 53.8 Å². The van der Waals surface area contributed by atoms with Crippen LogP contribution in [0, 0.1) is 12.7 Å². The van der Waals surface area contributed by atoms with Gasteiger partial charge in [-0.2, -0.15) is 0 Å². The number of aromatic nitrogens is 2. The van der Waals surface area contributed by atoms with Crippen LogP contribution < -0.4 is 10.6 Å². The molecule has 0 saturated carbocycles. The van der Waals surface area contributed by atoms with Crippen molar-refractivity contribution in [3.63, 3.8) is 0 Å². The molecule has 11 heteroatoms. The van der Waals surface area contributed by atoms with Gasteiger partial charge in [0.1, 0.15) is 11.5 Å². The molecule has 0 aliphatic rings. The Balaban J connectivity index is 2.23. The van der Waals surface area contributed by atoms with Crippen molar-refractivity contribution >= 4 is 21.4 Å². The van der Waals surface area contributed by atoms with Crippen molar-refractivity contribution in [2.45, 2.75) is 39.3 Å². The molecule has 1 aromatic heterocycles. The molecule has 0 unspecified atom stereocenters. The van der Waals surface area contributed by atoms with Crippen LogP contribution in [0.25, 0.3) is 0 Å². The van der Waals surface area contributed by atoms with Gasteiger partial charge in [0.2, 0.25) is 5.82 Å². The van der Waals surface area contributed by atoms with Gasteiger partial charge in [0.25, 0.3) is 12.3 Å². The Bertz CT molecular complexity index is 1090. The largest absolute Gasteiger partial charge is 0.376 e. The number of sulfone groups is 1. The first-order valence-electron chi connectivity index (χ1n) is 9.24. The van der Waals surface area contributed by atoms with Crippen molar-refractivity contribution in [1.82, 2.24) is 15.3 Å². The van der Waals surface area contributed by atoms with E-state index in [1.807, 2.05) is 0 Å². The molecule has 0 aliphatic heterocycles. The lowest BCUT2D eigenvalue weighted by molar-refractivity contribution is 0.0934. The summed E-state index contributed by atoms with van der Waals surface area (Å²) in [5, 5.41) is 6.17. The van der Waals surface area contributed by atoms with Crippen LogP contribution >= 0.6 is 0 Å². The molecule has 2 aromatic rings. The van der Waals surface area contributed by atoms with Crippen LogP contribution in [0.2, 0.25) is 0 Å². The first-order valence-corrected chi connectivity index (χ1v) is 11.2. The van der Waals surface area contributed by atoms with E-state index in [4.69, 9.17) is 0 Å². The number of benzene rings is 1. The van der Waals surface area contributed by atoms with Gasteiger partial charge in [-0.1, -0.05) is 18.2 Å². The number of rotatable bonds is 8. The smallest absolute Gasteiger partial charge is 0.289 e. The maximum absolute atomic E-state index is 13.8. The Morgan fingerprint density at radius 1 is 1.23 bits per heavy atom. The van der Waals surface area contributed by atoms with Crippen molar-refractivity contribution in [1.29, 1.82) is 0 Å². The van der Waals surface area contributed by atoms with Gasteiger partial charge in [0.05, 0.1) is 11.9 Å². The number of carbonyl (C=O) groups excluding carboxylic acids is 1. The highest BCUT2D eigenvalue weighted by atomic mass is 32.2. The summed E-state index contributed by atoms with van der Waals surface area (Å²) in [4.78, 5) is 19.8. The van der Waals surface area contributed by atoms with Gasteiger partial charge >= 0.3 is 0 Å². The molecule has 7 nitrogen and oxygen atoms in total. The van der Waals surface area contributed by atoms with E-state index in [1.165, 1.54) is 25.1 Å². The Morgan fingerprint density at radius 2 is 1.90 bits per heavy atom. The topological polar surface area (TPSA) is 101 Å². The normalized spacial score (nSPS) is 13.9. The van der Waals surface area contributed by atoms with Gasteiger partial charge < -0.3 is 10.6 Å². The van der Waals surface area contributed by atoms with Crippen LogP contribution in [-0.4, -0.2) is 36.6 Å². The minimum Gasteiger partial charge on any atom is -0.376 e. The molecule has 168 valence electrons. The van der Waals surface area contributed by atoms with E-state index in [0.29, 0.717) is 11.1 Å². The minimum absolute atomic E-state index is 0.0901. The average molecular weight is 456 g/mol. The van der Waals surface area contributed by atoms with E-state index < -0.39 is 51.6 Å². The molecule has 0 bridgehead atoms. The number of carbonyl (C=O) groups is 1. The van der Waals surface area contributed by atoms with Crippen LogP contribution in [0.4, 0.5) is 18.9 Å². The first kappa shape index (κ1) is 24.3. The zero-order chi connectivity index (χ0) is 23.3. The Hall–Kier alpha value is -2.95. The van der Waals surface area contributed by atoms with Gasteiger partial charge in [-0.05, 0) is 38.0 Å². The first-order chi connectivity index (χ1) is 14.4. The molecule has 2 rings (SSSR count). The second-order valence-electron chi connectivity index (χ2n) is 7.03. The number of hydrogen-bond acceptors (Lipinski definition) is 6. The number of alkyl halides is 2. The lowest BCUT2D eigenvalue weighted by atomic mass is 10.0. The highest BCUT2D eigenvalue weighted by molar-refractivity contribution is 7.93. The highest BCUT2D eigenvalue weighted by Crippen LogP contribution is 2.29. The summed E-state index contributed by atoms with van der Waals surface area (Å²) >= 11 is 0. The van der Waals surface area contributed by atoms with E-state index in [1.54, 1.807) is 19.9 Å². The molecule has 2 atom stereocenters. The molecule has 0 aliphatic carbocycles. The lowest BCUT2D eigenvalue weighted by Crippen LogP contribution is -2.32. The second-order valence-corrected chi connectivity index (χ2v) is 8.96. The molecule has 0 spiro atoms. The van der Waals surface area contributed by atoms with Crippen LogP contribution in [0.3, 0.4) is 0 Å². The Labute approximate surface area is 178 Å². The summed E-state index contributed by atoms with van der Waals surface area (Å²) in [6.07, 6.45) is 0.292. The SMILES string of the molecule is Cc1c(F)cccc1[C@H](C)Nc1cnc(C(=O)N[C@H](C)/C=C/S(C)(=O)=O)nc1C(F)F. The number of hydrogen-bond donors (Lipinski definition) is 2. The van der Waals surface area contributed by atoms with Crippen LogP contribution in [0.15, 0.2) is 35.9 Å². The molecular formula is C20H23F3N4O3S. The zero-order valence-electron chi connectivity index (χ0n) is 17.4. The van der Waals surface area contributed by atoms with Crippen LogP contribution in [0.5, 0.6) is 0 Å². The summed E-state index contributed by atoms with van der Waals surface area (Å²) in [6.45, 7) is 4.76. The fourth-order valence-electron chi connectivity index (χ4n) is 2.77. The van der Waals surface area contributed by atoms with E-state index in [9.17, 15) is 26.4 Å². The second kappa shape index (κ2) is 9.90. The number of amides is 1. The van der Waals surface area contributed by atoms with Gasteiger partial charge in [-0.25, -0.2) is 31.6 Å². The maximum Gasteiger partial charge on any atom is 0.289 e. The predicted octanol–water partition coefficient (Wildman–Crippen LogP) is 3.71. The molecular weight excluding hydrogens is 433 g/mol. The molecule has 0 radical (unpaired) electrons. The quantitative estimate of drug-likeness (QED) is 0.628. The number of halogens is 3. The monoisotopic (exact) mass is 456 g/mol. The Kier molecular flexibility index (Phi) is 7.77. The molecule has 0 saturated heterocycles. The average Bonchev–Trinajstić information content (AvgIpc) is 2.68. The molecule has 1 aromatic carbocycles. The van der Waals surface area contributed by atoms with Crippen molar-refractivity contribution in [3.05, 3.63) is 64.3 Å². The van der Waals surface area contributed by atoms with Crippen molar-refractivity contribution in [2.75, 3.05) is 11.6 Å². The van der Waals surface area contributed by atoms with Gasteiger partial charge in [0, 0.05) is 23.7 Å². The standard InChI is InChI=1S/C20H23F3N4O3S/c1-11(8-9-31(4,29)30)25-20(28)19-24-10-16(17(27-19)18(22)23)26-13(3)14-6-5-7-15(21)12(14)2/h5-11,13,18,26H,1-4H3,(H,25,28)/b9-8+/t11-,13+/m1/s1. The number of anilines is 1. The maximum atomic E-state index is 13.8. The summed E-state index contributed by atoms with van der Waals surface area (Å²) in [6, 6.07) is 3.27. The summed E-state index contributed by atoms with van der Waals surface area (Å²) in [5.41, 5.74) is 0.191. The molecule has 1 amide bonds. The number of nitrogens with zero attached hydrogens (tertiary/aromatic N) is 2. The summed E-state index contributed by atoms with van der Waals surface area (Å²) in [5.74, 6) is -1.74. The lowest BCUT2D eigenvalue weighted by Gasteiger charge is -2.20. The summed E-state index contributed by atoms with van der Waals surface area (Å²) in [7, 11) is -3.38. The predicted molar refractivity (Wildman–Crippen MR) is 111 cm³/mol. The third-order valence-corrected chi connectivity index (χ3v) is 5.00.